The van der Waals surface area contributed by atoms with Crippen molar-refractivity contribution in [2.45, 2.75) is 64.5 Å². The Labute approximate surface area is 82.1 Å². The zero-order valence-electron chi connectivity index (χ0n) is 9.10. The summed E-state index contributed by atoms with van der Waals surface area (Å²) < 4.78 is 0. The molecule has 0 bridgehead atoms. The molecule has 1 saturated carbocycles. The van der Waals surface area contributed by atoms with Crippen molar-refractivity contribution in [3.05, 3.63) is 0 Å². The molecular weight excluding hydrogens is 160 g/mol. The van der Waals surface area contributed by atoms with E-state index in [0.717, 1.165) is 6.42 Å². The van der Waals surface area contributed by atoms with Crippen LogP contribution >= 0.6 is 0 Å². The normalized spacial score (nSPS) is 33.2. The number of nitrogens with two attached hydrogens (primary N) is 2. The molecular formula is C11H24N2. The van der Waals surface area contributed by atoms with Crippen LogP contribution in [0, 0.1) is 5.41 Å². The van der Waals surface area contributed by atoms with Crippen LogP contribution in [0.3, 0.4) is 0 Å². The summed E-state index contributed by atoms with van der Waals surface area (Å²) in [6, 6.07) is 0. The second kappa shape index (κ2) is 3.97. The van der Waals surface area contributed by atoms with E-state index in [1.807, 2.05) is 0 Å². The summed E-state index contributed by atoms with van der Waals surface area (Å²) in [5.74, 6) is 0. The fraction of sp³-hybridized carbons (Fsp3) is 1.00. The molecule has 0 aliphatic heterocycles. The van der Waals surface area contributed by atoms with Crippen LogP contribution in [0.1, 0.15) is 58.8 Å². The maximum absolute atomic E-state index is 6.17. The zero-order chi connectivity index (χ0) is 9.95. The number of rotatable bonds is 3. The van der Waals surface area contributed by atoms with E-state index in [1.54, 1.807) is 0 Å². The highest BCUT2D eigenvalue weighted by Gasteiger charge is 2.43. The Bertz CT molecular complexity index is 165. The van der Waals surface area contributed by atoms with Crippen molar-refractivity contribution in [3.63, 3.8) is 0 Å². The van der Waals surface area contributed by atoms with Gasteiger partial charge in [0.25, 0.3) is 0 Å². The first-order chi connectivity index (χ1) is 6.02. The summed E-state index contributed by atoms with van der Waals surface area (Å²) in [7, 11) is 0. The minimum absolute atomic E-state index is 0.182. The molecule has 1 aliphatic carbocycles. The third kappa shape index (κ3) is 2.23. The van der Waals surface area contributed by atoms with Gasteiger partial charge in [-0.3, -0.25) is 0 Å². The highest BCUT2D eigenvalue weighted by molar-refractivity contribution is 4.98. The molecule has 1 aliphatic rings. The van der Waals surface area contributed by atoms with Crippen molar-refractivity contribution in [2.24, 2.45) is 16.9 Å². The average molecular weight is 184 g/mol. The Kier molecular flexibility index (Phi) is 3.36. The second-order valence-electron chi connectivity index (χ2n) is 4.91. The van der Waals surface area contributed by atoms with Gasteiger partial charge in [-0.1, -0.05) is 39.5 Å². The molecule has 0 saturated heterocycles. The summed E-state index contributed by atoms with van der Waals surface area (Å²) in [6.45, 7) is 4.49. The van der Waals surface area contributed by atoms with Crippen molar-refractivity contribution in [3.8, 4) is 0 Å². The lowest BCUT2D eigenvalue weighted by Gasteiger charge is -2.47. The molecule has 78 valence electrons. The van der Waals surface area contributed by atoms with Crippen LogP contribution in [0.4, 0.5) is 0 Å². The number of hydrogen-bond donors (Lipinski definition) is 2. The predicted molar refractivity (Wildman–Crippen MR) is 57.2 cm³/mol. The molecule has 4 N–H and O–H groups in total. The Morgan fingerprint density at radius 2 is 1.77 bits per heavy atom. The average Bonchev–Trinajstić information content (AvgIpc) is 2.07. The third-order valence-corrected chi connectivity index (χ3v) is 3.77. The van der Waals surface area contributed by atoms with Gasteiger partial charge in [0.2, 0.25) is 0 Å². The molecule has 0 aromatic heterocycles. The van der Waals surface area contributed by atoms with Crippen molar-refractivity contribution in [2.75, 3.05) is 0 Å². The Morgan fingerprint density at radius 1 is 1.15 bits per heavy atom. The van der Waals surface area contributed by atoms with Gasteiger partial charge in [-0.25, -0.2) is 0 Å². The molecule has 1 fully saturated rings. The predicted octanol–water partition coefficient (Wildman–Crippen LogP) is 2.37. The molecule has 1 unspecified atom stereocenters. The molecule has 1 atom stereocenters. The first-order valence-electron chi connectivity index (χ1n) is 5.60. The highest BCUT2D eigenvalue weighted by atomic mass is 15.0. The van der Waals surface area contributed by atoms with Crippen LogP contribution < -0.4 is 11.5 Å². The molecule has 0 radical (unpaired) electrons. The summed E-state index contributed by atoms with van der Waals surface area (Å²) in [5, 5.41) is 0. The van der Waals surface area contributed by atoms with E-state index in [4.69, 9.17) is 11.5 Å². The lowest BCUT2D eigenvalue weighted by molar-refractivity contribution is 0.0721. The van der Waals surface area contributed by atoms with Gasteiger partial charge in [0.05, 0.1) is 5.66 Å². The van der Waals surface area contributed by atoms with Gasteiger partial charge in [0, 0.05) is 0 Å². The second-order valence-corrected chi connectivity index (χ2v) is 4.91. The lowest BCUT2D eigenvalue weighted by Crippen LogP contribution is -2.62. The number of hydrogen-bond acceptors (Lipinski definition) is 2. The van der Waals surface area contributed by atoms with E-state index >= 15 is 0 Å². The molecule has 2 heteroatoms. The van der Waals surface area contributed by atoms with Crippen LogP contribution in [0.25, 0.3) is 0 Å². The van der Waals surface area contributed by atoms with E-state index in [-0.39, 0.29) is 5.41 Å². The van der Waals surface area contributed by atoms with E-state index in [2.05, 4.69) is 13.8 Å². The van der Waals surface area contributed by atoms with Gasteiger partial charge >= 0.3 is 0 Å². The smallest absolute Gasteiger partial charge is 0.0691 e. The largest absolute Gasteiger partial charge is 0.313 e. The first-order valence-corrected chi connectivity index (χ1v) is 5.60. The monoisotopic (exact) mass is 184 g/mol. The molecule has 0 amide bonds. The zero-order valence-corrected chi connectivity index (χ0v) is 9.10. The standard InChI is InChI=1S/C11H24N2/c1-3-4-7-10(2)8-5-6-9-11(10,12)13/h3-9,12-13H2,1-2H3. The van der Waals surface area contributed by atoms with Gasteiger partial charge in [-0.15, -0.1) is 0 Å². The maximum Gasteiger partial charge on any atom is 0.0691 e. The van der Waals surface area contributed by atoms with Gasteiger partial charge in [-0.2, -0.15) is 0 Å². The summed E-state index contributed by atoms with van der Waals surface area (Å²) in [4.78, 5) is 0. The summed E-state index contributed by atoms with van der Waals surface area (Å²) in [5.41, 5.74) is 12.1. The van der Waals surface area contributed by atoms with Crippen LogP contribution in [0.15, 0.2) is 0 Å². The topological polar surface area (TPSA) is 52.0 Å². The molecule has 1 rings (SSSR count). The summed E-state index contributed by atoms with van der Waals surface area (Å²) in [6.07, 6.45) is 8.40. The Morgan fingerprint density at radius 3 is 2.31 bits per heavy atom. The van der Waals surface area contributed by atoms with Crippen LogP contribution in [0.5, 0.6) is 0 Å². The van der Waals surface area contributed by atoms with Crippen LogP contribution in [-0.2, 0) is 0 Å². The van der Waals surface area contributed by atoms with Crippen LogP contribution in [0.2, 0.25) is 0 Å². The molecule has 0 heterocycles. The molecule has 0 spiro atoms. The fourth-order valence-corrected chi connectivity index (χ4v) is 2.39. The van der Waals surface area contributed by atoms with E-state index in [1.165, 1.54) is 38.5 Å². The minimum Gasteiger partial charge on any atom is -0.313 e. The highest BCUT2D eigenvalue weighted by Crippen LogP contribution is 2.43. The third-order valence-electron chi connectivity index (χ3n) is 3.77. The van der Waals surface area contributed by atoms with Gasteiger partial charge in [-0.05, 0) is 24.7 Å². The van der Waals surface area contributed by atoms with Crippen molar-refractivity contribution in [1.29, 1.82) is 0 Å². The maximum atomic E-state index is 6.17. The lowest BCUT2D eigenvalue weighted by atomic mass is 9.65. The van der Waals surface area contributed by atoms with Crippen molar-refractivity contribution >= 4 is 0 Å². The Hall–Kier alpha value is -0.0800. The molecule has 0 aromatic rings. The van der Waals surface area contributed by atoms with E-state index in [0.29, 0.717) is 0 Å². The van der Waals surface area contributed by atoms with Gasteiger partial charge < -0.3 is 11.5 Å². The molecule has 0 aromatic carbocycles. The van der Waals surface area contributed by atoms with Gasteiger partial charge in [0.1, 0.15) is 0 Å². The van der Waals surface area contributed by atoms with E-state index < -0.39 is 5.66 Å². The molecule has 13 heavy (non-hydrogen) atoms. The quantitative estimate of drug-likeness (QED) is 0.662. The SMILES string of the molecule is CCCCC1(C)CCCCC1(N)N. The fourth-order valence-electron chi connectivity index (χ4n) is 2.39. The van der Waals surface area contributed by atoms with Crippen molar-refractivity contribution < 1.29 is 0 Å². The summed E-state index contributed by atoms with van der Waals surface area (Å²) >= 11 is 0. The minimum atomic E-state index is -0.416. The molecule has 2 nitrogen and oxygen atoms in total. The van der Waals surface area contributed by atoms with Crippen molar-refractivity contribution in [1.82, 2.24) is 0 Å². The Balaban J connectivity index is 2.60. The van der Waals surface area contributed by atoms with E-state index in [9.17, 15) is 0 Å². The van der Waals surface area contributed by atoms with Gasteiger partial charge in [0.15, 0.2) is 0 Å². The van der Waals surface area contributed by atoms with Crippen LogP contribution in [-0.4, -0.2) is 5.66 Å². The number of unbranched alkanes of at least 4 members (excludes halogenated alkanes) is 1. The first kappa shape index (κ1) is 11.0.